The van der Waals surface area contributed by atoms with E-state index >= 15 is 0 Å². The molecule has 1 aliphatic heterocycles. The number of nitrogens with zero attached hydrogens (tertiary/aromatic N) is 1. The van der Waals surface area contributed by atoms with Gasteiger partial charge in [0.25, 0.3) is 0 Å². The summed E-state index contributed by atoms with van der Waals surface area (Å²) in [6.07, 6.45) is -1.31. The first-order valence-corrected chi connectivity index (χ1v) is 12.0. The van der Waals surface area contributed by atoms with Gasteiger partial charge in [0, 0.05) is 6.54 Å². The van der Waals surface area contributed by atoms with Crippen molar-refractivity contribution in [2.24, 2.45) is 0 Å². The third-order valence-electron chi connectivity index (χ3n) is 4.34. The summed E-state index contributed by atoms with van der Waals surface area (Å²) >= 11 is 11.8. The molecule has 0 bridgehead atoms. The van der Waals surface area contributed by atoms with E-state index in [9.17, 15) is 21.9 Å². The van der Waals surface area contributed by atoms with Gasteiger partial charge < -0.3 is 5.11 Å². The lowest BCUT2D eigenvalue weighted by atomic mass is 10.2. The molecule has 1 N–H and O–H groups in total. The van der Waals surface area contributed by atoms with E-state index in [0.29, 0.717) is 5.56 Å². The van der Waals surface area contributed by atoms with Crippen molar-refractivity contribution in [1.82, 2.24) is 4.31 Å². The summed E-state index contributed by atoms with van der Waals surface area (Å²) in [6, 6.07) is 11.5. The highest BCUT2D eigenvalue weighted by Gasteiger charge is 2.44. The molecule has 1 heterocycles. The minimum atomic E-state index is -4.14. The topological polar surface area (TPSA) is 91.8 Å². The van der Waals surface area contributed by atoms with E-state index in [1.165, 1.54) is 18.2 Å². The molecule has 1 aliphatic rings. The zero-order chi connectivity index (χ0) is 19.8. The molecule has 2 aromatic rings. The van der Waals surface area contributed by atoms with E-state index in [2.05, 4.69) is 0 Å². The molecule has 0 radical (unpaired) electrons. The molecule has 0 aliphatic carbocycles. The summed E-state index contributed by atoms with van der Waals surface area (Å²) in [7, 11) is -7.68. The van der Waals surface area contributed by atoms with Crippen molar-refractivity contribution < 1.29 is 21.9 Å². The van der Waals surface area contributed by atoms with Crippen LogP contribution in [0.5, 0.6) is 0 Å². The van der Waals surface area contributed by atoms with Gasteiger partial charge >= 0.3 is 0 Å². The fourth-order valence-corrected chi connectivity index (χ4v) is 6.93. The standard InChI is InChI=1S/C17H17Cl2NO5S2/c18-14-7-6-13(8-15(14)19)27(24,25)20(9-12-4-2-1-3-5-12)16-10-26(22,23)11-17(16)21/h1-8,16-17,21H,9-11H2/t16-,17-/m0/s1. The zero-order valence-electron chi connectivity index (χ0n) is 14.0. The van der Waals surface area contributed by atoms with Crippen LogP contribution in [-0.2, 0) is 26.4 Å². The first-order valence-electron chi connectivity index (χ1n) is 7.99. The molecule has 3 rings (SSSR count). The van der Waals surface area contributed by atoms with Gasteiger partial charge in [-0.25, -0.2) is 16.8 Å². The highest BCUT2D eigenvalue weighted by Crippen LogP contribution is 2.30. The van der Waals surface area contributed by atoms with Crippen molar-refractivity contribution in [2.45, 2.75) is 23.6 Å². The second-order valence-electron chi connectivity index (χ2n) is 6.32. The van der Waals surface area contributed by atoms with Crippen LogP contribution in [-0.4, -0.2) is 49.9 Å². The Labute approximate surface area is 168 Å². The fraction of sp³-hybridized carbons (Fsp3) is 0.294. The molecule has 1 fully saturated rings. The molecule has 2 atom stereocenters. The Hall–Kier alpha value is -1.16. The number of sulfone groups is 1. The minimum Gasteiger partial charge on any atom is -0.390 e. The molecule has 0 unspecified atom stereocenters. The SMILES string of the molecule is O=S1(=O)C[C@H](O)[C@@H](N(Cc2ccccc2)S(=O)(=O)c2ccc(Cl)c(Cl)c2)C1. The molecule has 0 saturated carbocycles. The molecule has 146 valence electrons. The van der Waals surface area contributed by atoms with Crippen LogP contribution in [0.1, 0.15) is 5.56 Å². The van der Waals surface area contributed by atoms with E-state index in [0.717, 1.165) is 4.31 Å². The van der Waals surface area contributed by atoms with E-state index in [4.69, 9.17) is 23.2 Å². The molecule has 0 spiro atoms. The second kappa shape index (κ2) is 7.69. The average molecular weight is 450 g/mol. The van der Waals surface area contributed by atoms with Crippen LogP contribution in [0.3, 0.4) is 0 Å². The van der Waals surface area contributed by atoms with Crippen molar-refractivity contribution in [2.75, 3.05) is 11.5 Å². The number of sulfonamides is 1. The summed E-state index contributed by atoms with van der Waals surface area (Å²) in [5.74, 6) is -0.915. The van der Waals surface area contributed by atoms with Gasteiger partial charge in [0.2, 0.25) is 10.0 Å². The number of aliphatic hydroxyl groups is 1. The van der Waals surface area contributed by atoms with Crippen LogP contribution >= 0.6 is 23.2 Å². The van der Waals surface area contributed by atoms with Crippen LogP contribution in [0.4, 0.5) is 0 Å². The number of aliphatic hydroxyl groups excluding tert-OH is 1. The molecular formula is C17H17Cl2NO5S2. The normalized spacial score (nSPS) is 22.2. The molecule has 27 heavy (non-hydrogen) atoms. The maximum Gasteiger partial charge on any atom is 0.243 e. The first-order chi connectivity index (χ1) is 12.6. The fourth-order valence-electron chi connectivity index (χ4n) is 3.00. The highest BCUT2D eigenvalue weighted by atomic mass is 35.5. The number of halogens is 2. The number of hydrogen-bond donors (Lipinski definition) is 1. The predicted molar refractivity (Wildman–Crippen MR) is 104 cm³/mol. The quantitative estimate of drug-likeness (QED) is 0.755. The maximum absolute atomic E-state index is 13.3. The third kappa shape index (κ3) is 4.47. The lowest BCUT2D eigenvalue weighted by Gasteiger charge is -2.29. The van der Waals surface area contributed by atoms with Gasteiger partial charge in [-0.15, -0.1) is 0 Å². The number of hydrogen-bond acceptors (Lipinski definition) is 5. The Morgan fingerprint density at radius 3 is 2.26 bits per heavy atom. The van der Waals surface area contributed by atoms with Gasteiger partial charge in [0.1, 0.15) is 0 Å². The van der Waals surface area contributed by atoms with E-state index in [1.54, 1.807) is 30.3 Å². The Balaban J connectivity index is 2.06. The monoisotopic (exact) mass is 449 g/mol. The van der Waals surface area contributed by atoms with Crippen molar-refractivity contribution in [3.8, 4) is 0 Å². The average Bonchev–Trinajstić information content (AvgIpc) is 2.88. The van der Waals surface area contributed by atoms with Crippen LogP contribution < -0.4 is 0 Å². The van der Waals surface area contributed by atoms with Gasteiger partial charge in [0.05, 0.1) is 38.6 Å². The van der Waals surface area contributed by atoms with E-state index < -0.39 is 43.5 Å². The smallest absolute Gasteiger partial charge is 0.243 e. The van der Waals surface area contributed by atoms with Gasteiger partial charge in [0.15, 0.2) is 9.84 Å². The summed E-state index contributed by atoms with van der Waals surface area (Å²) in [4.78, 5) is -0.121. The first kappa shape index (κ1) is 20.6. The van der Waals surface area contributed by atoms with Crippen LogP contribution in [0.2, 0.25) is 10.0 Å². The summed E-state index contributed by atoms with van der Waals surface area (Å²) in [5, 5.41) is 10.5. The minimum absolute atomic E-state index is 0.0667. The van der Waals surface area contributed by atoms with Crippen LogP contribution in [0.25, 0.3) is 0 Å². The molecule has 6 nitrogen and oxygen atoms in total. The Kier molecular flexibility index (Phi) is 5.86. The molecular weight excluding hydrogens is 433 g/mol. The summed E-state index contributed by atoms with van der Waals surface area (Å²) < 4.78 is 51.5. The van der Waals surface area contributed by atoms with Crippen LogP contribution in [0, 0.1) is 0 Å². The van der Waals surface area contributed by atoms with Crippen LogP contribution in [0.15, 0.2) is 53.4 Å². The van der Waals surface area contributed by atoms with E-state index in [-0.39, 0.29) is 21.5 Å². The molecule has 0 aromatic heterocycles. The Bertz CT molecular complexity index is 1040. The van der Waals surface area contributed by atoms with Gasteiger partial charge in [-0.2, -0.15) is 4.31 Å². The third-order valence-corrected chi connectivity index (χ3v) is 8.65. The molecule has 2 aromatic carbocycles. The highest BCUT2D eigenvalue weighted by molar-refractivity contribution is 7.92. The van der Waals surface area contributed by atoms with Crippen molar-refractivity contribution in [1.29, 1.82) is 0 Å². The van der Waals surface area contributed by atoms with Gasteiger partial charge in [-0.3, -0.25) is 0 Å². The molecule has 0 amide bonds. The van der Waals surface area contributed by atoms with Crippen molar-refractivity contribution in [3.63, 3.8) is 0 Å². The van der Waals surface area contributed by atoms with Crippen molar-refractivity contribution in [3.05, 3.63) is 64.1 Å². The number of benzene rings is 2. The zero-order valence-corrected chi connectivity index (χ0v) is 17.1. The molecule has 10 heteroatoms. The lowest BCUT2D eigenvalue weighted by molar-refractivity contribution is 0.125. The lowest BCUT2D eigenvalue weighted by Crippen LogP contribution is -2.46. The molecule has 1 saturated heterocycles. The van der Waals surface area contributed by atoms with Gasteiger partial charge in [-0.05, 0) is 23.8 Å². The van der Waals surface area contributed by atoms with Gasteiger partial charge in [-0.1, -0.05) is 53.5 Å². The second-order valence-corrected chi connectivity index (χ2v) is 11.2. The largest absolute Gasteiger partial charge is 0.390 e. The Morgan fingerprint density at radius 1 is 1.04 bits per heavy atom. The van der Waals surface area contributed by atoms with E-state index in [1.807, 2.05) is 0 Å². The Morgan fingerprint density at radius 2 is 1.70 bits per heavy atom. The summed E-state index contributed by atoms with van der Waals surface area (Å²) in [6.45, 7) is -0.0827. The predicted octanol–water partition coefficient (Wildman–Crippen LogP) is 2.34. The van der Waals surface area contributed by atoms with Crippen molar-refractivity contribution >= 4 is 43.1 Å². The summed E-state index contributed by atoms with van der Waals surface area (Å²) in [5.41, 5.74) is 0.664. The number of rotatable bonds is 5. The maximum atomic E-state index is 13.3.